The van der Waals surface area contributed by atoms with Crippen LogP contribution in [-0.4, -0.2) is 0 Å². The van der Waals surface area contributed by atoms with Gasteiger partial charge in [-0.1, -0.05) is 64.1 Å². The summed E-state index contributed by atoms with van der Waals surface area (Å²) < 4.78 is 104. The monoisotopic (exact) mass is 459 g/mol. The molecular formula is C20H21F8NS. The van der Waals surface area contributed by atoms with Crippen molar-refractivity contribution in [2.45, 2.75) is 37.8 Å². The Labute approximate surface area is 169 Å². The molecular weight excluding hydrogens is 438 g/mol. The van der Waals surface area contributed by atoms with Crippen molar-refractivity contribution in [1.82, 2.24) is 0 Å². The second-order valence-corrected chi connectivity index (χ2v) is 10.0. The van der Waals surface area contributed by atoms with Crippen LogP contribution in [0.2, 0.25) is 0 Å². The first-order valence-electron chi connectivity index (χ1n) is 8.75. The molecule has 0 aliphatic heterocycles. The predicted molar refractivity (Wildman–Crippen MR) is 104 cm³/mol. The fourth-order valence-corrected chi connectivity index (χ4v) is 3.46. The molecule has 2 rings (SSSR count). The second kappa shape index (κ2) is 6.90. The Hall–Kier alpha value is -2.23. The van der Waals surface area contributed by atoms with Gasteiger partial charge >= 0.3 is 16.4 Å². The molecule has 2 aromatic carbocycles. The number of hydrogen-bond donors (Lipinski definition) is 1. The lowest BCUT2D eigenvalue weighted by Crippen LogP contribution is -2.21. The van der Waals surface area contributed by atoms with Crippen LogP contribution in [0.25, 0.3) is 0 Å². The van der Waals surface area contributed by atoms with Gasteiger partial charge in [-0.05, 0) is 42.7 Å². The second-order valence-electron chi connectivity index (χ2n) is 7.64. The van der Waals surface area contributed by atoms with E-state index in [9.17, 15) is 32.6 Å². The summed E-state index contributed by atoms with van der Waals surface area (Å²) in [5, 5.41) is 2.58. The Morgan fingerprint density at radius 1 is 0.933 bits per heavy atom. The first-order chi connectivity index (χ1) is 13.3. The van der Waals surface area contributed by atoms with Gasteiger partial charge in [0, 0.05) is 16.8 Å². The standard InChI is InChI=1S/C20H21F8NS/c1-14(29-16-8-6-9-17(13-16)30(24,25,26,27)28)19(2,3)12-11-15-7-4-5-10-18(15)20(21,22)23/h4-10,13,29H,1,11-12H2,2-3H3. The van der Waals surface area contributed by atoms with E-state index in [1.54, 1.807) is 13.8 Å². The summed E-state index contributed by atoms with van der Waals surface area (Å²) in [6, 6.07) is 7.69. The van der Waals surface area contributed by atoms with E-state index in [0.29, 0.717) is 6.07 Å². The number of nitrogens with one attached hydrogen (secondary N) is 1. The topological polar surface area (TPSA) is 12.0 Å². The molecule has 0 aromatic heterocycles. The highest BCUT2D eigenvalue weighted by molar-refractivity contribution is 8.45. The molecule has 0 unspecified atom stereocenters. The Kier molecular flexibility index (Phi) is 5.53. The molecule has 0 heterocycles. The number of alkyl halides is 3. The van der Waals surface area contributed by atoms with Gasteiger partial charge in [-0.25, -0.2) is 0 Å². The van der Waals surface area contributed by atoms with E-state index in [4.69, 9.17) is 0 Å². The summed E-state index contributed by atoms with van der Waals surface area (Å²) >= 11 is 0. The third-order valence-electron chi connectivity index (χ3n) is 4.73. The maximum atomic E-state index is 13.1. The molecule has 30 heavy (non-hydrogen) atoms. The number of anilines is 1. The van der Waals surface area contributed by atoms with Gasteiger partial charge in [-0.15, -0.1) is 0 Å². The molecule has 168 valence electrons. The summed E-state index contributed by atoms with van der Waals surface area (Å²) in [5.74, 6) is 0. The van der Waals surface area contributed by atoms with Gasteiger partial charge in [-0.3, -0.25) is 0 Å². The average molecular weight is 459 g/mol. The van der Waals surface area contributed by atoms with Gasteiger partial charge in [0.2, 0.25) is 0 Å². The molecule has 0 fully saturated rings. The zero-order chi connectivity index (χ0) is 23.1. The van der Waals surface area contributed by atoms with Gasteiger partial charge < -0.3 is 5.32 Å². The Morgan fingerprint density at radius 2 is 1.53 bits per heavy atom. The maximum Gasteiger partial charge on any atom is 0.416 e. The minimum absolute atomic E-state index is 0.0366. The van der Waals surface area contributed by atoms with Crippen LogP contribution in [0.3, 0.4) is 0 Å². The van der Waals surface area contributed by atoms with Crippen LogP contribution in [0.5, 0.6) is 0 Å². The zero-order valence-corrected chi connectivity index (χ0v) is 17.0. The van der Waals surface area contributed by atoms with E-state index >= 15 is 0 Å². The van der Waals surface area contributed by atoms with Crippen molar-refractivity contribution in [3.8, 4) is 0 Å². The van der Waals surface area contributed by atoms with Crippen molar-refractivity contribution in [3.63, 3.8) is 0 Å². The lowest BCUT2D eigenvalue weighted by Gasteiger charge is -2.40. The van der Waals surface area contributed by atoms with E-state index in [1.165, 1.54) is 24.3 Å². The van der Waals surface area contributed by atoms with Crippen LogP contribution in [0.15, 0.2) is 65.7 Å². The third kappa shape index (κ3) is 6.13. The SMILES string of the molecule is C=C(Nc1cccc(S(F)(F)(F)(F)F)c1)C(C)(C)CCc1ccccc1C(F)(F)F. The Bertz CT molecular complexity index is 946. The van der Waals surface area contributed by atoms with E-state index in [2.05, 4.69) is 11.9 Å². The summed E-state index contributed by atoms with van der Waals surface area (Å²) in [5.41, 5.74) is -1.58. The first-order valence-corrected chi connectivity index (χ1v) is 10.7. The number of hydrogen-bond acceptors (Lipinski definition) is 1. The smallest absolute Gasteiger partial charge is 0.359 e. The Morgan fingerprint density at radius 3 is 2.10 bits per heavy atom. The molecule has 1 nitrogen and oxygen atoms in total. The highest BCUT2D eigenvalue weighted by Crippen LogP contribution is 3.02. The highest BCUT2D eigenvalue weighted by atomic mass is 32.5. The van der Waals surface area contributed by atoms with Crippen molar-refractivity contribution in [2.24, 2.45) is 5.41 Å². The highest BCUT2D eigenvalue weighted by Gasteiger charge is 2.65. The van der Waals surface area contributed by atoms with Crippen LogP contribution >= 0.6 is 10.2 Å². The van der Waals surface area contributed by atoms with E-state index in [0.717, 1.165) is 12.1 Å². The van der Waals surface area contributed by atoms with Gasteiger partial charge in [0.1, 0.15) is 4.90 Å². The van der Waals surface area contributed by atoms with Crippen molar-refractivity contribution in [2.75, 3.05) is 5.32 Å². The summed E-state index contributed by atoms with van der Waals surface area (Å²) in [6.45, 7) is 7.03. The van der Waals surface area contributed by atoms with Crippen molar-refractivity contribution < 1.29 is 32.6 Å². The normalized spacial score (nSPS) is 15.3. The first kappa shape index (κ1) is 24.0. The van der Waals surface area contributed by atoms with Crippen LogP contribution in [-0.2, 0) is 12.6 Å². The summed E-state index contributed by atoms with van der Waals surface area (Å²) in [7, 11) is -9.83. The average Bonchev–Trinajstić information content (AvgIpc) is 2.58. The molecule has 0 saturated heterocycles. The quantitative estimate of drug-likeness (QED) is 0.408. The number of rotatable bonds is 7. The largest absolute Gasteiger partial charge is 0.416 e. The molecule has 0 spiro atoms. The zero-order valence-electron chi connectivity index (χ0n) is 16.2. The van der Waals surface area contributed by atoms with Crippen LogP contribution < -0.4 is 5.32 Å². The van der Waals surface area contributed by atoms with Crippen molar-refractivity contribution in [1.29, 1.82) is 0 Å². The van der Waals surface area contributed by atoms with Crippen LogP contribution in [0.4, 0.5) is 38.3 Å². The lowest BCUT2D eigenvalue weighted by molar-refractivity contribution is -0.138. The maximum absolute atomic E-state index is 13.1. The molecule has 0 aliphatic rings. The molecule has 0 aliphatic carbocycles. The molecule has 0 radical (unpaired) electrons. The molecule has 0 saturated carbocycles. The summed E-state index contributed by atoms with van der Waals surface area (Å²) in [6.07, 6.45) is -4.29. The third-order valence-corrected chi connectivity index (χ3v) is 5.88. The van der Waals surface area contributed by atoms with Crippen molar-refractivity contribution >= 4 is 15.9 Å². The minimum Gasteiger partial charge on any atom is -0.359 e. The number of aryl methyl sites for hydroxylation is 1. The minimum atomic E-state index is -9.83. The van der Waals surface area contributed by atoms with Crippen LogP contribution in [0, 0.1) is 5.41 Å². The molecule has 10 heteroatoms. The van der Waals surface area contributed by atoms with Gasteiger partial charge in [0.05, 0.1) is 5.56 Å². The van der Waals surface area contributed by atoms with Crippen molar-refractivity contribution in [3.05, 3.63) is 71.9 Å². The fraction of sp³-hybridized carbons (Fsp3) is 0.300. The molecule has 0 bridgehead atoms. The molecule has 2 aromatic rings. The van der Waals surface area contributed by atoms with Gasteiger partial charge in [0.25, 0.3) is 0 Å². The molecule has 0 atom stereocenters. The predicted octanol–water partition coefficient (Wildman–Crippen LogP) is 8.95. The van der Waals surface area contributed by atoms with E-state index in [1.807, 2.05) is 0 Å². The summed E-state index contributed by atoms with van der Waals surface area (Å²) in [4.78, 5) is -2.04. The van der Waals surface area contributed by atoms with Crippen LogP contribution in [0.1, 0.15) is 31.4 Å². The molecule has 1 N–H and O–H groups in total. The van der Waals surface area contributed by atoms with Gasteiger partial charge in [-0.2, -0.15) is 13.2 Å². The van der Waals surface area contributed by atoms with E-state index in [-0.39, 0.29) is 35.9 Å². The number of halogens is 8. The lowest BCUT2D eigenvalue weighted by atomic mass is 9.82. The fourth-order valence-electron chi connectivity index (χ4n) is 2.77. The van der Waals surface area contributed by atoms with E-state index < -0.39 is 32.3 Å². The molecule has 0 amide bonds. The van der Waals surface area contributed by atoms with Gasteiger partial charge in [0.15, 0.2) is 0 Å². The number of benzene rings is 2. The number of allylic oxidation sites excluding steroid dienone is 1. The Balaban J connectivity index is 2.17.